The van der Waals surface area contributed by atoms with Gasteiger partial charge >= 0.3 is 0 Å². The Kier molecular flexibility index (Phi) is 24.5. The van der Waals surface area contributed by atoms with Gasteiger partial charge in [0.1, 0.15) is 26.2 Å². The van der Waals surface area contributed by atoms with E-state index < -0.39 is 0 Å². The van der Waals surface area contributed by atoms with Crippen molar-refractivity contribution in [2.75, 3.05) is 79.8 Å². The van der Waals surface area contributed by atoms with E-state index in [1.807, 2.05) is 0 Å². The average molecular weight is 1210 g/mol. The van der Waals surface area contributed by atoms with E-state index >= 15 is 0 Å². The standard InChI is InChI=1S/C69H124N2O4.2BrH/c1-50(2)18-16-20-52(5)60-26-28-62-58-24-22-54-48-56(30-34-66(54,7)64(58)32-36-68(60,62)9)74-46-42-70(11,40-44-72)38-14-13-15-39-71(12,41-45-73)43-47-75-57-31-35-67(8)55(49-57)23-25-59-63-29-27-61(53(6)21-17-19-51(3)4)69(63,10)37-33-65(59)67;;/h22-23,50-53,56-65,72-73H,13-21,24-49H2,1-12H3;2*1H/q+2;;/p-2/t52-,53-,56+,57+,58+,59+,60-,61-,62+,63+,64+,65+,66+,67+,68-,69-,70?,71?;;/m1../s1. The molecule has 77 heavy (non-hydrogen) atoms. The maximum atomic E-state index is 10.2. The number of hydrogen-bond acceptors (Lipinski definition) is 4. The molecule has 2 unspecified atom stereocenters. The molecule has 18 atom stereocenters. The first-order chi connectivity index (χ1) is 35.7. The Morgan fingerprint density at radius 1 is 0.481 bits per heavy atom. The van der Waals surface area contributed by atoms with Crippen molar-refractivity contribution < 1.29 is 62.6 Å². The third-order valence-electron chi connectivity index (χ3n) is 25.7. The van der Waals surface area contributed by atoms with Crippen molar-refractivity contribution in [3.63, 3.8) is 0 Å². The fraction of sp³-hybridized carbons (Fsp3) is 0.942. The summed E-state index contributed by atoms with van der Waals surface area (Å²) in [5.41, 5.74) is 5.31. The van der Waals surface area contributed by atoms with Gasteiger partial charge in [-0.1, -0.05) is 131 Å². The van der Waals surface area contributed by atoms with Gasteiger partial charge in [-0.05, 0) is 215 Å². The van der Waals surface area contributed by atoms with Crippen molar-refractivity contribution >= 4 is 0 Å². The number of halogens is 2. The number of allylic oxidation sites excluding steroid dienone is 2. The summed E-state index contributed by atoms with van der Waals surface area (Å²) in [6, 6.07) is 0. The van der Waals surface area contributed by atoms with Gasteiger partial charge in [0.2, 0.25) is 0 Å². The van der Waals surface area contributed by atoms with Crippen molar-refractivity contribution in [1.82, 2.24) is 0 Å². The predicted molar refractivity (Wildman–Crippen MR) is 315 cm³/mol. The minimum Gasteiger partial charge on any atom is -1.00 e. The summed E-state index contributed by atoms with van der Waals surface area (Å²) in [6.45, 7) is 33.3. The van der Waals surface area contributed by atoms with E-state index in [9.17, 15) is 10.2 Å². The van der Waals surface area contributed by atoms with Crippen LogP contribution >= 0.6 is 0 Å². The number of aliphatic hydroxyl groups excluding tert-OH is 2. The summed E-state index contributed by atoms with van der Waals surface area (Å²) in [5.74, 6) is 10.6. The van der Waals surface area contributed by atoms with Gasteiger partial charge in [-0.15, -0.1) is 0 Å². The number of likely N-dealkylation sites (N-methyl/N-ethyl adjacent to an activating group) is 2. The van der Waals surface area contributed by atoms with Crippen LogP contribution in [-0.2, 0) is 9.47 Å². The Hall–Kier alpha value is 0.200. The van der Waals surface area contributed by atoms with E-state index in [1.165, 1.54) is 135 Å². The number of quaternary nitrogens is 2. The quantitative estimate of drug-likeness (QED) is 0.0466. The molecule has 0 aliphatic heterocycles. The van der Waals surface area contributed by atoms with Crippen LogP contribution in [0.15, 0.2) is 23.3 Å². The molecule has 6 fully saturated rings. The molecule has 448 valence electrons. The summed E-state index contributed by atoms with van der Waals surface area (Å²) in [6.07, 6.45) is 39.7. The smallest absolute Gasteiger partial charge is 0.102 e. The van der Waals surface area contributed by atoms with Gasteiger partial charge in [-0.25, -0.2) is 0 Å². The van der Waals surface area contributed by atoms with Gasteiger partial charge in [0.25, 0.3) is 0 Å². The molecular formula is C69H124Br2N2O4. The largest absolute Gasteiger partial charge is 1.00 e. The Labute approximate surface area is 497 Å². The second kappa shape index (κ2) is 28.4. The number of hydrogen-bond donors (Lipinski definition) is 2. The lowest BCUT2D eigenvalue weighted by Crippen LogP contribution is -3.00. The van der Waals surface area contributed by atoms with Crippen LogP contribution in [0.2, 0.25) is 0 Å². The summed E-state index contributed by atoms with van der Waals surface area (Å²) >= 11 is 0. The number of rotatable bonds is 28. The monoisotopic (exact) mass is 1200 g/mol. The highest BCUT2D eigenvalue weighted by atomic mass is 79.9. The molecule has 0 aromatic carbocycles. The van der Waals surface area contributed by atoms with Gasteiger partial charge < -0.3 is 62.6 Å². The molecule has 8 aliphatic carbocycles. The Morgan fingerprint density at radius 3 is 1.26 bits per heavy atom. The summed E-state index contributed by atoms with van der Waals surface area (Å²) in [7, 11) is 4.70. The minimum atomic E-state index is 0. The van der Waals surface area contributed by atoms with Gasteiger partial charge in [-0.2, -0.15) is 0 Å². The summed E-state index contributed by atoms with van der Waals surface area (Å²) in [4.78, 5) is 0. The number of fused-ring (bicyclic) bond motifs is 10. The normalized spacial score (nSPS) is 38.8. The molecule has 8 heteroatoms. The second-order valence-electron chi connectivity index (χ2n) is 31.1. The lowest BCUT2D eigenvalue weighted by molar-refractivity contribution is -0.912. The highest BCUT2D eigenvalue weighted by molar-refractivity contribution is 5.27. The van der Waals surface area contributed by atoms with Crippen LogP contribution in [0, 0.1) is 92.7 Å². The van der Waals surface area contributed by atoms with Crippen molar-refractivity contribution in [2.24, 2.45) is 92.7 Å². The van der Waals surface area contributed by atoms with Gasteiger partial charge in [0.05, 0.1) is 65.8 Å². The molecular weight excluding hydrogens is 1080 g/mol. The minimum absolute atomic E-state index is 0. The van der Waals surface area contributed by atoms with Crippen molar-refractivity contribution in [3.8, 4) is 0 Å². The van der Waals surface area contributed by atoms with Gasteiger partial charge in [0.15, 0.2) is 0 Å². The fourth-order valence-electron chi connectivity index (χ4n) is 20.8. The first-order valence-corrected chi connectivity index (χ1v) is 33.2. The zero-order chi connectivity index (χ0) is 53.8. The molecule has 8 rings (SSSR count). The highest BCUT2D eigenvalue weighted by Crippen LogP contribution is 2.69. The number of ether oxygens (including phenoxy) is 2. The summed E-state index contributed by atoms with van der Waals surface area (Å²) in [5, 5.41) is 20.4. The molecule has 8 aliphatic rings. The first-order valence-electron chi connectivity index (χ1n) is 33.2. The Morgan fingerprint density at radius 2 is 0.883 bits per heavy atom. The SMILES string of the molecule is CC(C)CCC[C@@H](C)[C@H]1CC[C@H]2[C@@H]3CC=C4C[C@@H](OCC[N+](C)(CCO)CCCCC[N+](C)(CCO)CCO[C@H]5CC[C@@]6(C)C(=CC[C@H]7[C@@H]8CC[C@H]([C@H](C)CCCC(C)C)[C@@]8(C)CC[C@@H]76)C5)CC[C@]4(C)[C@H]3CC[C@]12C.[Br-].[Br-]. The van der Waals surface area contributed by atoms with E-state index in [0.29, 0.717) is 33.9 Å². The van der Waals surface area contributed by atoms with Crippen LogP contribution in [-0.4, -0.2) is 111 Å². The molecule has 0 radical (unpaired) electrons. The zero-order valence-electron chi connectivity index (χ0n) is 52.3. The second-order valence-corrected chi connectivity index (χ2v) is 31.1. The maximum Gasteiger partial charge on any atom is 0.102 e. The molecule has 0 saturated heterocycles. The van der Waals surface area contributed by atoms with Crippen LogP contribution in [0.3, 0.4) is 0 Å². The van der Waals surface area contributed by atoms with E-state index in [4.69, 9.17) is 9.47 Å². The fourth-order valence-corrected chi connectivity index (χ4v) is 20.8. The van der Waals surface area contributed by atoms with E-state index in [2.05, 4.69) is 95.5 Å². The third-order valence-corrected chi connectivity index (χ3v) is 25.7. The van der Waals surface area contributed by atoms with Gasteiger partial charge in [0, 0.05) is 0 Å². The number of nitrogens with zero attached hydrogens (tertiary/aromatic N) is 2. The molecule has 0 aromatic rings. The third kappa shape index (κ3) is 14.8. The summed E-state index contributed by atoms with van der Waals surface area (Å²) < 4.78 is 15.4. The molecule has 6 saturated carbocycles. The van der Waals surface area contributed by atoms with Crippen molar-refractivity contribution in [1.29, 1.82) is 0 Å². The van der Waals surface area contributed by atoms with Gasteiger partial charge in [-0.3, -0.25) is 0 Å². The molecule has 0 bridgehead atoms. The van der Waals surface area contributed by atoms with E-state index in [1.54, 1.807) is 11.1 Å². The van der Waals surface area contributed by atoms with E-state index in [-0.39, 0.29) is 47.2 Å². The van der Waals surface area contributed by atoms with Crippen molar-refractivity contribution in [3.05, 3.63) is 23.3 Å². The Bertz CT molecular complexity index is 1750. The molecule has 0 amide bonds. The molecule has 0 aromatic heterocycles. The lowest BCUT2D eigenvalue weighted by Gasteiger charge is -2.58. The number of aliphatic hydroxyl groups is 2. The zero-order valence-corrected chi connectivity index (χ0v) is 55.5. The van der Waals surface area contributed by atoms with Crippen LogP contribution in [0.5, 0.6) is 0 Å². The van der Waals surface area contributed by atoms with Crippen LogP contribution in [0.4, 0.5) is 0 Å². The molecule has 0 heterocycles. The highest BCUT2D eigenvalue weighted by Gasteiger charge is 2.61. The first kappa shape index (κ1) is 66.3. The molecule has 2 N–H and O–H groups in total. The Balaban J connectivity index is 0.00000480. The van der Waals surface area contributed by atoms with E-state index in [0.717, 1.165) is 158 Å². The molecule has 6 nitrogen and oxygen atoms in total. The predicted octanol–water partition coefficient (Wildman–Crippen LogP) is 9.90. The topological polar surface area (TPSA) is 58.9 Å². The van der Waals surface area contributed by atoms with Crippen LogP contribution in [0.25, 0.3) is 0 Å². The van der Waals surface area contributed by atoms with Crippen LogP contribution < -0.4 is 34.0 Å². The molecule has 0 spiro atoms. The van der Waals surface area contributed by atoms with Crippen molar-refractivity contribution in [2.45, 2.75) is 242 Å². The lowest BCUT2D eigenvalue weighted by atomic mass is 9.47. The average Bonchev–Trinajstić information content (AvgIpc) is 3.91. The number of unbranched alkanes of at least 4 members (excludes halogenated alkanes) is 2. The van der Waals surface area contributed by atoms with Crippen LogP contribution in [0.1, 0.15) is 230 Å². The maximum absolute atomic E-state index is 10.2.